The molecule has 0 saturated carbocycles. The molecule has 0 rings (SSSR count). The molecule has 0 heterocycles. The molecule has 4 N–H and O–H groups in total. The zero-order chi connectivity index (χ0) is 90.7. The minimum absolute atomic E-state index is 0.0964. The lowest BCUT2D eigenvalue weighted by Gasteiger charge is -2.21. The number of ether oxygens (including phenoxy) is 3. The summed E-state index contributed by atoms with van der Waals surface area (Å²) in [5.41, 5.74) is 0. The van der Waals surface area contributed by atoms with Gasteiger partial charge in [-0.15, -0.1) is 0 Å². The van der Waals surface area contributed by atoms with Crippen LogP contribution in [0.3, 0.4) is 0 Å². The quantitative estimate of drug-likeness (QED) is 0.0146. The largest absolute Gasteiger partial charge is 0.472 e. The Bertz CT molecular complexity index is 3000. The summed E-state index contributed by atoms with van der Waals surface area (Å²) in [5, 5.41) is 20.8. The normalized spacial score (nSPS) is 14.5. The first-order chi connectivity index (χ1) is 61.2. The summed E-state index contributed by atoms with van der Waals surface area (Å²) in [6.45, 7) is 2.48. The fourth-order valence-electron chi connectivity index (χ4n) is 13.6. The lowest BCUT2D eigenvalue weighted by Crippen LogP contribution is -2.30. The maximum Gasteiger partial charge on any atom is 0.472 e. The fourth-order valence-corrected chi connectivity index (χ4v) is 15.2. The first-order valence-electron chi connectivity index (χ1n) is 50.1. The summed E-state index contributed by atoms with van der Waals surface area (Å²) in [6.07, 6.45) is 129. The van der Waals surface area contributed by atoms with E-state index in [9.17, 15) is 43.5 Å². The van der Waals surface area contributed by atoms with Gasteiger partial charge in [-0.25, -0.2) is 9.13 Å². The molecule has 716 valence electrons. The van der Waals surface area contributed by atoms with Crippen molar-refractivity contribution in [2.24, 2.45) is 0 Å². The number of esters is 3. The van der Waals surface area contributed by atoms with Gasteiger partial charge in [0.1, 0.15) is 25.4 Å². The number of carbonyl (C=O) groups is 3. The van der Waals surface area contributed by atoms with Gasteiger partial charge >= 0.3 is 33.6 Å². The van der Waals surface area contributed by atoms with Crippen molar-refractivity contribution in [1.82, 2.24) is 0 Å². The summed E-state index contributed by atoms with van der Waals surface area (Å²) < 4.78 is 61.7. The van der Waals surface area contributed by atoms with Crippen LogP contribution in [0.15, 0.2) is 182 Å². The van der Waals surface area contributed by atoms with Gasteiger partial charge in [0.25, 0.3) is 0 Å². The van der Waals surface area contributed by atoms with E-state index in [-0.39, 0.29) is 19.3 Å². The van der Waals surface area contributed by atoms with Gasteiger partial charge in [-0.1, -0.05) is 421 Å². The topological polar surface area (TPSA) is 231 Å². The molecule has 18 heteroatoms. The SMILES string of the molecule is CC/C=C\C/C=C\C/C=C\C/C=C\C/C=C\C/C=C\CCCCCCCCCCCCCCCCCCC(=O)OCC(O)COP(=O)(O)OCC(O)COP(=O)(O)OCC(COC(=O)CCCCCCCCCCCCC/C=C\C/C=C\C/C=C\C/C=C\C/C=C\CC)OC(=O)CCCCCCCCCCCCC/C=C\C/C=C\C/C=C\C/C=C\CCCCC. The van der Waals surface area contributed by atoms with Crippen LogP contribution in [0.2, 0.25) is 0 Å². The first-order valence-corrected chi connectivity index (χ1v) is 53.1. The second-order valence-corrected chi connectivity index (χ2v) is 36.1. The highest BCUT2D eigenvalue weighted by molar-refractivity contribution is 7.47. The molecule has 0 radical (unpaired) electrons. The first kappa shape index (κ1) is 120. The number of hydrogen-bond donors (Lipinski definition) is 4. The molecule has 0 amide bonds. The molecule has 5 atom stereocenters. The van der Waals surface area contributed by atoms with Crippen molar-refractivity contribution < 1.29 is 75.8 Å². The van der Waals surface area contributed by atoms with E-state index in [1.165, 1.54) is 186 Å². The second-order valence-electron chi connectivity index (χ2n) is 33.2. The lowest BCUT2D eigenvalue weighted by molar-refractivity contribution is -0.161. The van der Waals surface area contributed by atoms with Gasteiger partial charge in [0.05, 0.1) is 26.4 Å². The number of hydrogen-bond acceptors (Lipinski definition) is 14. The van der Waals surface area contributed by atoms with E-state index < -0.39 is 91.5 Å². The molecule has 125 heavy (non-hydrogen) atoms. The number of rotatable bonds is 94. The predicted octanol–water partition coefficient (Wildman–Crippen LogP) is 31.6. The molecule has 0 aromatic heterocycles. The zero-order valence-corrected chi connectivity index (χ0v) is 81.0. The number of phosphoric ester groups is 2. The molecule has 0 fully saturated rings. The molecule has 16 nitrogen and oxygen atoms in total. The van der Waals surface area contributed by atoms with E-state index in [4.69, 9.17) is 32.3 Å². The molecule has 0 bridgehead atoms. The van der Waals surface area contributed by atoms with Crippen molar-refractivity contribution in [2.45, 2.75) is 437 Å². The number of unbranched alkanes of at least 4 members (excludes halogenated alkanes) is 41. The highest BCUT2D eigenvalue weighted by Gasteiger charge is 2.30. The Hall–Kier alpha value is -5.35. The van der Waals surface area contributed by atoms with Gasteiger partial charge in [-0.2, -0.15) is 0 Å². The van der Waals surface area contributed by atoms with Crippen LogP contribution in [0.25, 0.3) is 0 Å². The van der Waals surface area contributed by atoms with E-state index in [0.717, 1.165) is 173 Å². The average molecular weight is 1790 g/mol. The Morgan fingerprint density at radius 1 is 0.232 bits per heavy atom. The standard InChI is InChI=1S/C107H182O16P2/c1-4-7-10-13-16-19-22-25-28-31-34-37-40-43-46-47-48-49-50-51-52-53-56-58-60-63-66-69-72-75-78-81-84-87-90-93-105(110)117-96-102(108)97-119-124(113,114)120-98-103(109)99-121-125(115,116)122-101-104(123-107(112)95-92-89-86-83-80-77-74-71-68-65-62-59-55-45-42-39-36-33-30-27-24-21-18-15-12-9-6-3)100-118-106(111)94-91-88-85-82-79-76-73-70-67-64-61-57-54-44-41-38-35-32-29-26-23-20-17-14-11-8-5-2/h7-8,10-11,16-21,25-30,34-39,43-46,48-49,54-55,102-104,108-109H,4-6,9,12-15,22-24,31-33,40-42,47,50-53,56-101H2,1-3H3,(H,113,114)(H,115,116)/b10-7-,11-8-,19-16-,20-17-,21-18-,28-25-,29-26-,30-27-,37-34-,38-35-,39-36-,46-43-,49-48-,54-44-,55-45-. The van der Waals surface area contributed by atoms with Crippen molar-refractivity contribution in [1.29, 1.82) is 0 Å². The third kappa shape index (κ3) is 99.1. The van der Waals surface area contributed by atoms with Crippen LogP contribution in [-0.2, 0) is 55.8 Å². The maximum atomic E-state index is 13.1. The van der Waals surface area contributed by atoms with Gasteiger partial charge in [0.15, 0.2) is 6.10 Å². The second kappa shape index (κ2) is 97.7. The molecule has 0 aliphatic carbocycles. The Labute approximate surface area is 764 Å². The summed E-state index contributed by atoms with van der Waals surface area (Å²) in [6, 6.07) is 0. The van der Waals surface area contributed by atoms with E-state index in [1.54, 1.807) is 0 Å². The van der Waals surface area contributed by atoms with E-state index in [1.807, 2.05) is 0 Å². The lowest BCUT2D eigenvalue weighted by atomic mass is 10.0. The maximum absolute atomic E-state index is 13.1. The molecule has 0 aliphatic rings. The molecule has 0 spiro atoms. The molecule has 5 unspecified atom stereocenters. The predicted molar refractivity (Wildman–Crippen MR) is 528 cm³/mol. The van der Waals surface area contributed by atoms with Crippen LogP contribution < -0.4 is 0 Å². The van der Waals surface area contributed by atoms with E-state index >= 15 is 0 Å². The summed E-state index contributed by atoms with van der Waals surface area (Å²) in [7, 11) is -9.82. The van der Waals surface area contributed by atoms with Gasteiger partial charge in [0, 0.05) is 19.3 Å². The molecule has 0 aliphatic heterocycles. The van der Waals surface area contributed by atoms with Gasteiger partial charge in [-0.3, -0.25) is 32.5 Å². The number of aliphatic hydroxyl groups excluding tert-OH is 2. The minimum Gasteiger partial charge on any atom is -0.463 e. The van der Waals surface area contributed by atoms with E-state index in [0.29, 0.717) is 19.3 Å². The Morgan fingerprint density at radius 3 is 0.672 bits per heavy atom. The summed E-state index contributed by atoms with van der Waals surface area (Å²) >= 11 is 0. The van der Waals surface area contributed by atoms with Crippen LogP contribution in [0.4, 0.5) is 0 Å². The fraction of sp³-hybridized carbons (Fsp3) is 0.692. The monoisotopic (exact) mass is 1790 g/mol. The summed E-state index contributed by atoms with van der Waals surface area (Å²) in [5.74, 6) is -1.57. The zero-order valence-electron chi connectivity index (χ0n) is 79.2. The van der Waals surface area contributed by atoms with Gasteiger partial charge in [0.2, 0.25) is 0 Å². The van der Waals surface area contributed by atoms with Crippen molar-refractivity contribution in [3.05, 3.63) is 182 Å². The summed E-state index contributed by atoms with van der Waals surface area (Å²) in [4.78, 5) is 59.2. The highest BCUT2D eigenvalue weighted by Crippen LogP contribution is 2.45. The van der Waals surface area contributed by atoms with Crippen molar-refractivity contribution in [2.75, 3.05) is 39.6 Å². The molecule has 0 aromatic carbocycles. The molecular weight excluding hydrogens is 1600 g/mol. The molecular formula is C107H182O16P2. The van der Waals surface area contributed by atoms with Crippen LogP contribution in [0, 0.1) is 0 Å². The van der Waals surface area contributed by atoms with Crippen LogP contribution in [-0.4, -0.2) is 95.9 Å². The average Bonchev–Trinajstić information content (AvgIpc) is 0.906. The van der Waals surface area contributed by atoms with Crippen molar-refractivity contribution in [3.63, 3.8) is 0 Å². The van der Waals surface area contributed by atoms with Crippen molar-refractivity contribution in [3.8, 4) is 0 Å². The van der Waals surface area contributed by atoms with Gasteiger partial charge in [-0.05, 0) is 161 Å². The van der Waals surface area contributed by atoms with Gasteiger partial charge < -0.3 is 34.2 Å². The number of aliphatic hydroxyl groups is 2. The van der Waals surface area contributed by atoms with Crippen LogP contribution in [0.5, 0.6) is 0 Å². The third-order valence-electron chi connectivity index (χ3n) is 21.1. The van der Waals surface area contributed by atoms with Crippen molar-refractivity contribution >= 4 is 33.6 Å². The number of phosphoric acid groups is 2. The number of allylic oxidation sites excluding steroid dienone is 30. The molecule has 0 saturated heterocycles. The molecule has 0 aromatic rings. The smallest absolute Gasteiger partial charge is 0.463 e. The van der Waals surface area contributed by atoms with Crippen LogP contribution in [0.1, 0.15) is 419 Å². The Balaban J connectivity index is 4.59. The number of carbonyl (C=O) groups excluding carboxylic acids is 3. The highest BCUT2D eigenvalue weighted by atomic mass is 31.2. The van der Waals surface area contributed by atoms with Crippen LogP contribution >= 0.6 is 15.6 Å². The Kier molecular flexibility index (Phi) is 93.5. The Morgan fingerprint density at radius 2 is 0.424 bits per heavy atom. The minimum atomic E-state index is -4.95. The van der Waals surface area contributed by atoms with E-state index in [2.05, 4.69) is 203 Å². The third-order valence-corrected chi connectivity index (χ3v) is 23.0.